The van der Waals surface area contributed by atoms with E-state index in [-0.39, 0.29) is 0 Å². The largest absolute Gasteiger partial charge is 0.326 e. The smallest absolute Gasteiger partial charge is 0.0894 e. The van der Waals surface area contributed by atoms with Gasteiger partial charge in [-0.05, 0) is 17.7 Å². The predicted octanol–water partition coefficient (Wildman–Crippen LogP) is 2.76. The first kappa shape index (κ1) is 10.9. The molecule has 0 saturated carbocycles. The van der Waals surface area contributed by atoms with Crippen LogP contribution >= 0.6 is 0 Å². The third-order valence-electron chi connectivity index (χ3n) is 2.93. The summed E-state index contributed by atoms with van der Waals surface area (Å²) in [7, 11) is 0. The summed E-state index contributed by atoms with van der Waals surface area (Å²) in [5, 5.41) is 0. The minimum atomic E-state index is 0.559. The van der Waals surface area contributed by atoms with Crippen molar-refractivity contribution >= 4 is 11.0 Å². The van der Waals surface area contributed by atoms with Gasteiger partial charge in [-0.1, -0.05) is 36.4 Å². The van der Waals surface area contributed by atoms with E-state index in [1.54, 1.807) is 6.20 Å². The van der Waals surface area contributed by atoms with Crippen molar-refractivity contribution in [1.29, 1.82) is 0 Å². The first-order valence-corrected chi connectivity index (χ1v) is 5.88. The number of nitrogens with zero attached hydrogens (tertiary/aromatic N) is 2. The average molecular weight is 235 g/mol. The molecule has 0 spiro atoms. The molecule has 0 atom stereocenters. The van der Waals surface area contributed by atoms with Crippen LogP contribution in [0.25, 0.3) is 22.3 Å². The second-order valence-corrected chi connectivity index (χ2v) is 4.15. The van der Waals surface area contributed by atoms with Gasteiger partial charge < -0.3 is 5.73 Å². The third kappa shape index (κ3) is 1.96. The first-order chi connectivity index (χ1) is 8.86. The number of nitrogens with two attached hydrogens (primary N) is 1. The summed E-state index contributed by atoms with van der Waals surface area (Å²) in [6, 6.07) is 16.0. The zero-order valence-corrected chi connectivity index (χ0v) is 9.88. The molecule has 18 heavy (non-hydrogen) atoms. The standard InChI is InChI=1S/C15H13N3/c16-9-11-5-7-12(8-6-11)15-10-17-13-3-1-2-4-14(13)18-15/h1-8,10H,9,16H2. The molecule has 2 N–H and O–H groups in total. The zero-order valence-electron chi connectivity index (χ0n) is 9.88. The highest BCUT2D eigenvalue weighted by Crippen LogP contribution is 2.19. The van der Waals surface area contributed by atoms with Crippen molar-refractivity contribution < 1.29 is 0 Å². The average Bonchev–Trinajstić information content (AvgIpc) is 2.47. The molecule has 88 valence electrons. The Labute approximate surface area is 105 Å². The lowest BCUT2D eigenvalue weighted by Crippen LogP contribution is -1.95. The van der Waals surface area contributed by atoms with Crippen molar-refractivity contribution in [2.45, 2.75) is 6.54 Å². The van der Waals surface area contributed by atoms with Crippen molar-refractivity contribution in [2.24, 2.45) is 5.73 Å². The number of benzene rings is 2. The molecule has 0 bridgehead atoms. The van der Waals surface area contributed by atoms with E-state index < -0.39 is 0 Å². The zero-order chi connectivity index (χ0) is 12.4. The molecule has 0 unspecified atom stereocenters. The van der Waals surface area contributed by atoms with E-state index >= 15 is 0 Å². The molecule has 3 rings (SSSR count). The second kappa shape index (κ2) is 4.55. The summed E-state index contributed by atoms with van der Waals surface area (Å²) in [6.07, 6.45) is 1.81. The normalized spacial score (nSPS) is 10.7. The van der Waals surface area contributed by atoms with Crippen LogP contribution in [-0.4, -0.2) is 9.97 Å². The van der Waals surface area contributed by atoms with Gasteiger partial charge in [0.05, 0.1) is 22.9 Å². The van der Waals surface area contributed by atoms with Crippen LogP contribution in [0.5, 0.6) is 0 Å². The molecule has 3 nitrogen and oxygen atoms in total. The third-order valence-corrected chi connectivity index (χ3v) is 2.93. The topological polar surface area (TPSA) is 51.8 Å². The van der Waals surface area contributed by atoms with Crippen molar-refractivity contribution in [3.63, 3.8) is 0 Å². The van der Waals surface area contributed by atoms with Crippen LogP contribution in [-0.2, 0) is 6.54 Å². The Morgan fingerprint density at radius 3 is 2.33 bits per heavy atom. The highest BCUT2D eigenvalue weighted by atomic mass is 14.8. The number of rotatable bonds is 2. The minimum Gasteiger partial charge on any atom is -0.326 e. The Morgan fingerprint density at radius 1 is 0.889 bits per heavy atom. The highest BCUT2D eigenvalue weighted by Gasteiger charge is 2.02. The maximum Gasteiger partial charge on any atom is 0.0894 e. The summed E-state index contributed by atoms with van der Waals surface area (Å²) in [5.74, 6) is 0. The summed E-state index contributed by atoms with van der Waals surface area (Å²) in [4.78, 5) is 9.02. The SMILES string of the molecule is NCc1ccc(-c2cnc3ccccc3n2)cc1. The van der Waals surface area contributed by atoms with Crippen LogP contribution < -0.4 is 5.73 Å². The molecule has 2 aromatic carbocycles. The van der Waals surface area contributed by atoms with Crippen LogP contribution in [0.2, 0.25) is 0 Å². The molecular weight excluding hydrogens is 222 g/mol. The number of para-hydroxylation sites is 2. The number of hydrogen-bond donors (Lipinski definition) is 1. The van der Waals surface area contributed by atoms with E-state index in [0.29, 0.717) is 6.54 Å². The quantitative estimate of drug-likeness (QED) is 0.743. The molecule has 0 saturated heterocycles. The summed E-state index contributed by atoms with van der Waals surface area (Å²) in [5.41, 5.74) is 10.5. The number of aromatic nitrogens is 2. The second-order valence-electron chi connectivity index (χ2n) is 4.15. The van der Waals surface area contributed by atoms with Gasteiger partial charge in [0.25, 0.3) is 0 Å². The van der Waals surface area contributed by atoms with Gasteiger partial charge in [0, 0.05) is 12.1 Å². The van der Waals surface area contributed by atoms with Crippen molar-refractivity contribution in [3.05, 3.63) is 60.3 Å². The predicted molar refractivity (Wildman–Crippen MR) is 72.9 cm³/mol. The molecule has 0 amide bonds. The molecule has 1 aromatic heterocycles. The van der Waals surface area contributed by atoms with E-state index in [4.69, 9.17) is 5.73 Å². The first-order valence-electron chi connectivity index (χ1n) is 5.88. The van der Waals surface area contributed by atoms with Crippen LogP contribution in [0.4, 0.5) is 0 Å². The highest BCUT2D eigenvalue weighted by molar-refractivity contribution is 5.76. The van der Waals surface area contributed by atoms with Gasteiger partial charge in [-0.3, -0.25) is 4.98 Å². The molecule has 0 aliphatic heterocycles. The Bertz CT molecular complexity index is 675. The fourth-order valence-corrected chi connectivity index (χ4v) is 1.91. The van der Waals surface area contributed by atoms with Gasteiger partial charge in [0.15, 0.2) is 0 Å². The maximum absolute atomic E-state index is 5.59. The lowest BCUT2D eigenvalue weighted by molar-refractivity contribution is 1.07. The maximum atomic E-state index is 5.59. The molecule has 1 heterocycles. The van der Waals surface area contributed by atoms with Crippen molar-refractivity contribution in [2.75, 3.05) is 0 Å². The molecule has 0 fully saturated rings. The van der Waals surface area contributed by atoms with Crippen LogP contribution in [0.3, 0.4) is 0 Å². The Hall–Kier alpha value is -2.26. The van der Waals surface area contributed by atoms with Gasteiger partial charge in [-0.15, -0.1) is 0 Å². The lowest BCUT2D eigenvalue weighted by Gasteiger charge is -2.03. The van der Waals surface area contributed by atoms with E-state index in [2.05, 4.69) is 9.97 Å². The summed E-state index contributed by atoms with van der Waals surface area (Å²) < 4.78 is 0. The lowest BCUT2D eigenvalue weighted by atomic mass is 10.1. The van der Waals surface area contributed by atoms with Crippen molar-refractivity contribution in [3.8, 4) is 11.3 Å². The van der Waals surface area contributed by atoms with Gasteiger partial charge in [-0.25, -0.2) is 4.98 Å². The summed E-state index contributed by atoms with van der Waals surface area (Å²) in [6.45, 7) is 0.559. The van der Waals surface area contributed by atoms with Crippen molar-refractivity contribution in [1.82, 2.24) is 9.97 Å². The van der Waals surface area contributed by atoms with E-state index in [0.717, 1.165) is 27.9 Å². The number of hydrogen-bond acceptors (Lipinski definition) is 3. The number of fused-ring (bicyclic) bond motifs is 1. The van der Waals surface area contributed by atoms with E-state index in [1.165, 1.54) is 0 Å². The molecule has 3 heteroatoms. The van der Waals surface area contributed by atoms with Crippen LogP contribution in [0, 0.1) is 0 Å². The molecular formula is C15H13N3. The van der Waals surface area contributed by atoms with Gasteiger partial charge in [-0.2, -0.15) is 0 Å². The molecule has 0 aliphatic rings. The molecule has 0 radical (unpaired) electrons. The summed E-state index contributed by atoms with van der Waals surface area (Å²) >= 11 is 0. The Kier molecular flexibility index (Phi) is 2.74. The van der Waals surface area contributed by atoms with Gasteiger partial charge in [0.2, 0.25) is 0 Å². The fraction of sp³-hybridized carbons (Fsp3) is 0.0667. The molecule has 3 aromatic rings. The van der Waals surface area contributed by atoms with E-state index in [9.17, 15) is 0 Å². The Morgan fingerprint density at radius 2 is 1.61 bits per heavy atom. The fourth-order valence-electron chi connectivity index (χ4n) is 1.91. The monoisotopic (exact) mass is 235 g/mol. The Balaban J connectivity index is 2.07. The van der Waals surface area contributed by atoms with Gasteiger partial charge in [0.1, 0.15) is 0 Å². The molecule has 0 aliphatic carbocycles. The van der Waals surface area contributed by atoms with Gasteiger partial charge >= 0.3 is 0 Å². The van der Waals surface area contributed by atoms with Crippen LogP contribution in [0.1, 0.15) is 5.56 Å². The van der Waals surface area contributed by atoms with E-state index in [1.807, 2.05) is 48.5 Å². The van der Waals surface area contributed by atoms with Crippen LogP contribution in [0.15, 0.2) is 54.7 Å². The minimum absolute atomic E-state index is 0.559.